The zero-order valence-electron chi connectivity index (χ0n) is 20.4. The number of amides is 3. The van der Waals surface area contributed by atoms with E-state index in [4.69, 9.17) is 0 Å². The van der Waals surface area contributed by atoms with Crippen molar-refractivity contribution in [2.45, 2.75) is 13.5 Å². The molecule has 3 aromatic carbocycles. The molecule has 4 rings (SSSR count). The lowest BCUT2D eigenvalue weighted by Crippen LogP contribution is -2.38. The molecule has 38 heavy (non-hydrogen) atoms. The predicted molar refractivity (Wildman–Crippen MR) is 141 cm³/mol. The summed E-state index contributed by atoms with van der Waals surface area (Å²) in [4.78, 5) is 44.8. The van der Waals surface area contributed by atoms with Gasteiger partial charge in [0.1, 0.15) is 16.5 Å². The Balaban J connectivity index is 1.51. The van der Waals surface area contributed by atoms with Gasteiger partial charge in [0.25, 0.3) is 17.7 Å². The maximum Gasteiger partial charge on any atom is 0.263 e. The maximum absolute atomic E-state index is 13.4. The van der Waals surface area contributed by atoms with Gasteiger partial charge in [0.2, 0.25) is 0 Å². The second-order valence-corrected chi connectivity index (χ2v) is 9.28. The van der Waals surface area contributed by atoms with Gasteiger partial charge in [-0.15, -0.1) is 0 Å². The van der Waals surface area contributed by atoms with Crippen molar-refractivity contribution >= 4 is 34.2 Å². The number of rotatable bonds is 9. The van der Waals surface area contributed by atoms with Crippen molar-refractivity contribution in [2.24, 2.45) is 0 Å². The molecule has 0 bridgehead atoms. The average molecular weight is 535 g/mol. The van der Waals surface area contributed by atoms with Crippen molar-refractivity contribution in [3.05, 3.63) is 118 Å². The van der Waals surface area contributed by atoms with Crippen LogP contribution in [-0.4, -0.2) is 35.8 Å². The van der Waals surface area contributed by atoms with Crippen LogP contribution in [0.2, 0.25) is 0 Å². The number of carbonyl (C=O) groups is 3. The van der Waals surface area contributed by atoms with Crippen LogP contribution >= 0.6 is 11.3 Å². The summed E-state index contributed by atoms with van der Waals surface area (Å²) in [5.74, 6) is -2.17. The smallest absolute Gasteiger partial charge is 0.263 e. The van der Waals surface area contributed by atoms with Crippen LogP contribution in [0.3, 0.4) is 0 Å². The monoisotopic (exact) mass is 534 g/mol. The molecule has 0 saturated carbocycles. The summed E-state index contributed by atoms with van der Waals surface area (Å²) >= 11 is 1.05. The van der Waals surface area contributed by atoms with E-state index in [-0.39, 0.29) is 35.3 Å². The molecule has 0 spiro atoms. The lowest BCUT2D eigenvalue weighted by Gasteiger charge is -2.20. The van der Waals surface area contributed by atoms with E-state index >= 15 is 0 Å². The highest BCUT2D eigenvalue weighted by atomic mass is 32.1. The van der Waals surface area contributed by atoms with E-state index in [2.05, 4.69) is 15.6 Å². The molecule has 4 aromatic rings. The lowest BCUT2D eigenvalue weighted by molar-refractivity contribution is 0.0941. The molecule has 0 atom stereocenters. The summed E-state index contributed by atoms with van der Waals surface area (Å²) in [5, 5.41) is 5.82. The Morgan fingerprint density at radius 3 is 2.05 bits per heavy atom. The molecule has 3 amide bonds. The largest absolute Gasteiger partial charge is 0.350 e. The number of benzene rings is 3. The molecule has 10 heteroatoms. The summed E-state index contributed by atoms with van der Waals surface area (Å²) < 4.78 is 26.6. The van der Waals surface area contributed by atoms with Gasteiger partial charge in [-0.3, -0.25) is 19.3 Å². The Bertz CT molecular complexity index is 1430. The van der Waals surface area contributed by atoms with Crippen molar-refractivity contribution in [1.29, 1.82) is 0 Å². The molecule has 1 heterocycles. The molecular formula is C28H24F2N4O3S. The van der Waals surface area contributed by atoms with Crippen molar-refractivity contribution < 1.29 is 23.2 Å². The number of anilines is 1. The molecule has 2 N–H and O–H groups in total. The van der Waals surface area contributed by atoms with Crippen LogP contribution in [0.5, 0.6) is 0 Å². The number of hydrogen-bond donors (Lipinski definition) is 2. The summed E-state index contributed by atoms with van der Waals surface area (Å²) in [5.41, 5.74) is 1.88. The van der Waals surface area contributed by atoms with Gasteiger partial charge < -0.3 is 10.6 Å². The number of aromatic nitrogens is 1. The van der Waals surface area contributed by atoms with E-state index in [0.717, 1.165) is 16.9 Å². The van der Waals surface area contributed by atoms with E-state index < -0.39 is 23.4 Å². The molecule has 0 fully saturated rings. The second-order valence-electron chi connectivity index (χ2n) is 8.31. The third kappa shape index (κ3) is 6.65. The first kappa shape index (κ1) is 26.6. The van der Waals surface area contributed by atoms with Crippen LogP contribution in [0.1, 0.15) is 41.6 Å². The Morgan fingerprint density at radius 1 is 0.816 bits per heavy atom. The first-order valence-corrected chi connectivity index (χ1v) is 12.5. The second kappa shape index (κ2) is 12.2. The molecule has 0 aliphatic rings. The Labute approximate surface area is 222 Å². The molecular weight excluding hydrogens is 510 g/mol. The van der Waals surface area contributed by atoms with E-state index in [1.54, 1.807) is 6.92 Å². The standard InChI is InChI=1S/C28H24F2N4O3S/c1-18-24(26(36)32-17-19-5-3-2-4-6-19)38-28(33-18)34(27(37)21-9-13-23(30)14-10-21)16-15-31-25(35)20-7-11-22(29)12-8-20/h2-14H,15-17H2,1H3,(H,31,35)(H,32,36). The SMILES string of the molecule is Cc1nc(N(CCNC(=O)c2ccc(F)cc2)C(=O)c2ccc(F)cc2)sc1C(=O)NCc1ccccc1. The number of halogens is 2. The van der Waals surface area contributed by atoms with Gasteiger partial charge in [-0.05, 0) is 61.0 Å². The summed E-state index contributed by atoms with van der Waals surface area (Å²) in [6, 6.07) is 19.6. The van der Waals surface area contributed by atoms with E-state index in [1.807, 2.05) is 30.3 Å². The van der Waals surface area contributed by atoms with Gasteiger partial charge in [0.15, 0.2) is 5.13 Å². The lowest BCUT2D eigenvalue weighted by atomic mass is 10.2. The molecule has 0 aliphatic heterocycles. The first-order valence-electron chi connectivity index (χ1n) is 11.7. The van der Waals surface area contributed by atoms with Crippen LogP contribution in [0.15, 0.2) is 78.9 Å². The zero-order chi connectivity index (χ0) is 27.1. The number of nitrogens with one attached hydrogen (secondary N) is 2. The fourth-order valence-corrected chi connectivity index (χ4v) is 4.59. The zero-order valence-corrected chi connectivity index (χ0v) is 21.2. The minimum Gasteiger partial charge on any atom is -0.350 e. The van der Waals surface area contributed by atoms with Crippen molar-refractivity contribution in [3.63, 3.8) is 0 Å². The number of hydrogen-bond acceptors (Lipinski definition) is 5. The highest BCUT2D eigenvalue weighted by Crippen LogP contribution is 2.27. The number of carbonyl (C=O) groups excluding carboxylic acids is 3. The summed E-state index contributed by atoms with van der Waals surface area (Å²) in [6.07, 6.45) is 0. The van der Waals surface area contributed by atoms with E-state index in [1.165, 1.54) is 53.4 Å². The predicted octanol–water partition coefficient (Wildman–Crippen LogP) is 4.74. The van der Waals surface area contributed by atoms with Gasteiger partial charge in [0.05, 0.1) is 5.69 Å². The quantitative estimate of drug-likeness (QED) is 0.325. The molecule has 0 radical (unpaired) electrons. The topological polar surface area (TPSA) is 91.4 Å². The molecule has 0 unspecified atom stereocenters. The van der Waals surface area contributed by atoms with E-state index in [0.29, 0.717) is 17.1 Å². The fourth-order valence-electron chi connectivity index (χ4n) is 3.58. The van der Waals surface area contributed by atoms with Crippen LogP contribution in [-0.2, 0) is 6.54 Å². The van der Waals surface area contributed by atoms with E-state index in [9.17, 15) is 23.2 Å². The maximum atomic E-state index is 13.4. The van der Waals surface area contributed by atoms with Gasteiger partial charge in [-0.2, -0.15) is 0 Å². The first-order chi connectivity index (χ1) is 18.3. The van der Waals surface area contributed by atoms with Crippen LogP contribution in [0, 0.1) is 18.6 Å². The number of aryl methyl sites for hydroxylation is 1. The summed E-state index contributed by atoms with van der Waals surface area (Å²) in [6.45, 7) is 2.09. The Morgan fingerprint density at radius 2 is 1.42 bits per heavy atom. The van der Waals surface area contributed by atoms with Gasteiger partial charge in [-0.1, -0.05) is 41.7 Å². The summed E-state index contributed by atoms with van der Waals surface area (Å²) in [7, 11) is 0. The molecule has 7 nitrogen and oxygen atoms in total. The Kier molecular flexibility index (Phi) is 8.55. The third-order valence-electron chi connectivity index (χ3n) is 5.58. The third-order valence-corrected chi connectivity index (χ3v) is 6.76. The minimum atomic E-state index is -0.484. The fraction of sp³-hybridized carbons (Fsp3) is 0.143. The number of nitrogens with zero attached hydrogens (tertiary/aromatic N) is 2. The Hall–Kier alpha value is -4.44. The molecule has 0 aliphatic carbocycles. The van der Waals surface area contributed by atoms with Crippen LogP contribution in [0.25, 0.3) is 0 Å². The van der Waals surface area contributed by atoms with Gasteiger partial charge in [0, 0.05) is 30.8 Å². The highest BCUT2D eigenvalue weighted by molar-refractivity contribution is 7.17. The number of thiazole rings is 1. The molecule has 1 aromatic heterocycles. The van der Waals surface area contributed by atoms with Crippen LogP contribution < -0.4 is 15.5 Å². The van der Waals surface area contributed by atoms with Crippen molar-refractivity contribution in [2.75, 3.05) is 18.0 Å². The average Bonchev–Trinajstić information content (AvgIpc) is 3.31. The highest BCUT2D eigenvalue weighted by Gasteiger charge is 2.24. The normalized spacial score (nSPS) is 10.6. The van der Waals surface area contributed by atoms with Gasteiger partial charge >= 0.3 is 0 Å². The van der Waals surface area contributed by atoms with Crippen LogP contribution in [0.4, 0.5) is 13.9 Å². The molecule has 0 saturated heterocycles. The molecule has 194 valence electrons. The van der Waals surface area contributed by atoms with Crippen molar-refractivity contribution in [3.8, 4) is 0 Å². The van der Waals surface area contributed by atoms with Crippen molar-refractivity contribution in [1.82, 2.24) is 15.6 Å². The van der Waals surface area contributed by atoms with Gasteiger partial charge in [-0.25, -0.2) is 13.8 Å². The minimum absolute atomic E-state index is 0.0289.